The van der Waals surface area contributed by atoms with E-state index in [9.17, 15) is 9.90 Å². The lowest BCUT2D eigenvalue weighted by atomic mass is 10.1. The van der Waals surface area contributed by atoms with Gasteiger partial charge in [0.2, 0.25) is 0 Å². The Labute approximate surface area is 104 Å². The van der Waals surface area contributed by atoms with Crippen molar-refractivity contribution in [3.05, 3.63) is 34.3 Å². The minimum atomic E-state index is -0.508. The third-order valence-corrected chi connectivity index (χ3v) is 3.05. The van der Waals surface area contributed by atoms with Crippen molar-refractivity contribution in [3.8, 4) is 0 Å². The topological polar surface area (TPSA) is 49.3 Å². The highest BCUT2D eigenvalue weighted by Gasteiger charge is 2.13. The second-order valence-electron chi connectivity index (χ2n) is 4.00. The van der Waals surface area contributed by atoms with E-state index in [2.05, 4.69) is 21.2 Å². The normalized spacial score (nSPS) is 12.6. The Morgan fingerprint density at radius 3 is 2.62 bits per heavy atom. The standard InChI is InChI=1S/C12H16BrNO2/c1-8(2)11(15)7-14-12(16)9-5-3-4-6-10(9)13/h3-6,8,11,15H,7H2,1-2H3,(H,14,16). The van der Waals surface area contributed by atoms with Gasteiger partial charge in [-0.25, -0.2) is 0 Å². The van der Waals surface area contributed by atoms with Gasteiger partial charge in [0.25, 0.3) is 5.91 Å². The molecule has 1 unspecified atom stereocenters. The second-order valence-corrected chi connectivity index (χ2v) is 4.86. The minimum absolute atomic E-state index is 0.138. The molecule has 3 nitrogen and oxygen atoms in total. The van der Waals surface area contributed by atoms with Gasteiger partial charge in [-0.2, -0.15) is 0 Å². The summed E-state index contributed by atoms with van der Waals surface area (Å²) in [5.74, 6) is -0.0355. The van der Waals surface area contributed by atoms with Gasteiger partial charge in [-0.15, -0.1) is 0 Å². The molecule has 0 radical (unpaired) electrons. The Hall–Kier alpha value is -0.870. The molecule has 0 spiro atoms. The van der Waals surface area contributed by atoms with Crippen molar-refractivity contribution in [2.45, 2.75) is 20.0 Å². The third kappa shape index (κ3) is 3.61. The summed E-state index contributed by atoms with van der Waals surface area (Å²) >= 11 is 3.31. The SMILES string of the molecule is CC(C)C(O)CNC(=O)c1ccccc1Br. The van der Waals surface area contributed by atoms with Crippen molar-refractivity contribution in [2.24, 2.45) is 5.92 Å². The fourth-order valence-corrected chi connectivity index (χ4v) is 1.64. The van der Waals surface area contributed by atoms with Crippen molar-refractivity contribution in [2.75, 3.05) is 6.54 Å². The van der Waals surface area contributed by atoms with Gasteiger partial charge >= 0.3 is 0 Å². The number of aliphatic hydroxyl groups is 1. The highest BCUT2D eigenvalue weighted by Crippen LogP contribution is 2.15. The summed E-state index contributed by atoms with van der Waals surface area (Å²) in [4.78, 5) is 11.7. The van der Waals surface area contributed by atoms with E-state index >= 15 is 0 Å². The zero-order chi connectivity index (χ0) is 12.1. The van der Waals surface area contributed by atoms with Crippen LogP contribution in [-0.2, 0) is 0 Å². The highest BCUT2D eigenvalue weighted by atomic mass is 79.9. The molecule has 1 atom stereocenters. The first kappa shape index (κ1) is 13.2. The maximum Gasteiger partial charge on any atom is 0.252 e. The van der Waals surface area contributed by atoms with Crippen LogP contribution >= 0.6 is 15.9 Å². The number of aliphatic hydroxyl groups excluding tert-OH is 1. The molecule has 1 rings (SSSR count). The van der Waals surface area contributed by atoms with Crippen LogP contribution in [0.1, 0.15) is 24.2 Å². The Morgan fingerprint density at radius 2 is 2.06 bits per heavy atom. The molecule has 1 amide bonds. The van der Waals surface area contributed by atoms with Crippen LogP contribution in [0.25, 0.3) is 0 Å². The van der Waals surface area contributed by atoms with Crippen molar-refractivity contribution in [3.63, 3.8) is 0 Å². The fourth-order valence-electron chi connectivity index (χ4n) is 1.17. The molecule has 0 saturated carbocycles. The molecular weight excluding hydrogens is 270 g/mol. The first-order valence-electron chi connectivity index (χ1n) is 5.23. The average Bonchev–Trinajstić information content (AvgIpc) is 2.25. The predicted octanol–water partition coefficient (Wildman–Crippen LogP) is 2.20. The molecule has 0 aliphatic rings. The van der Waals surface area contributed by atoms with Gasteiger partial charge in [0, 0.05) is 11.0 Å². The third-order valence-electron chi connectivity index (χ3n) is 2.36. The number of hydrogen-bond acceptors (Lipinski definition) is 2. The fraction of sp³-hybridized carbons (Fsp3) is 0.417. The van der Waals surface area contributed by atoms with Crippen LogP contribution in [0, 0.1) is 5.92 Å². The van der Waals surface area contributed by atoms with Gasteiger partial charge in [-0.3, -0.25) is 4.79 Å². The van der Waals surface area contributed by atoms with Crippen molar-refractivity contribution in [1.82, 2.24) is 5.32 Å². The van der Waals surface area contributed by atoms with E-state index in [0.717, 1.165) is 4.47 Å². The number of carbonyl (C=O) groups is 1. The smallest absolute Gasteiger partial charge is 0.252 e. The monoisotopic (exact) mass is 285 g/mol. The minimum Gasteiger partial charge on any atom is -0.391 e. The van der Waals surface area contributed by atoms with E-state index in [1.807, 2.05) is 26.0 Å². The van der Waals surface area contributed by atoms with Gasteiger partial charge in [0.1, 0.15) is 0 Å². The Balaban J connectivity index is 2.57. The maximum atomic E-state index is 11.7. The number of nitrogens with one attached hydrogen (secondary N) is 1. The lowest BCUT2D eigenvalue weighted by Gasteiger charge is -2.15. The zero-order valence-electron chi connectivity index (χ0n) is 9.40. The van der Waals surface area contributed by atoms with Gasteiger partial charge in [-0.05, 0) is 34.0 Å². The molecule has 4 heteroatoms. The van der Waals surface area contributed by atoms with Crippen molar-refractivity contribution in [1.29, 1.82) is 0 Å². The number of halogens is 1. The lowest BCUT2D eigenvalue weighted by Crippen LogP contribution is -2.34. The average molecular weight is 286 g/mol. The summed E-state index contributed by atoms with van der Waals surface area (Å²) in [5.41, 5.74) is 0.582. The molecule has 0 bridgehead atoms. The summed E-state index contributed by atoms with van der Waals surface area (Å²) in [5, 5.41) is 12.3. The van der Waals surface area contributed by atoms with Gasteiger partial charge in [0.05, 0.1) is 11.7 Å². The van der Waals surface area contributed by atoms with E-state index in [1.54, 1.807) is 12.1 Å². The number of carbonyl (C=O) groups excluding carboxylic acids is 1. The molecule has 0 fully saturated rings. The first-order chi connectivity index (χ1) is 7.52. The molecule has 88 valence electrons. The van der Waals surface area contributed by atoms with Gasteiger partial charge in [0.15, 0.2) is 0 Å². The second kappa shape index (κ2) is 6.01. The predicted molar refractivity (Wildman–Crippen MR) is 67.3 cm³/mol. The molecule has 0 saturated heterocycles. The summed E-state index contributed by atoms with van der Waals surface area (Å²) in [6, 6.07) is 7.21. The maximum absolute atomic E-state index is 11.7. The largest absolute Gasteiger partial charge is 0.391 e. The summed E-state index contributed by atoms with van der Waals surface area (Å²) in [7, 11) is 0. The first-order valence-corrected chi connectivity index (χ1v) is 6.02. The molecule has 16 heavy (non-hydrogen) atoms. The molecule has 0 aromatic heterocycles. The van der Waals surface area contributed by atoms with Crippen LogP contribution in [0.2, 0.25) is 0 Å². The van der Waals surface area contributed by atoms with Crippen LogP contribution in [0.15, 0.2) is 28.7 Å². The molecule has 2 N–H and O–H groups in total. The summed E-state index contributed by atoms with van der Waals surface area (Å²) in [6.45, 7) is 4.10. The van der Waals surface area contributed by atoms with Gasteiger partial charge in [-0.1, -0.05) is 26.0 Å². The highest BCUT2D eigenvalue weighted by molar-refractivity contribution is 9.10. The molecule has 1 aromatic carbocycles. The Bertz CT molecular complexity index is 366. The van der Waals surface area contributed by atoms with Crippen LogP contribution in [0.3, 0.4) is 0 Å². The number of rotatable bonds is 4. The van der Waals surface area contributed by atoms with E-state index in [4.69, 9.17) is 0 Å². The lowest BCUT2D eigenvalue weighted by molar-refractivity contribution is 0.0871. The van der Waals surface area contributed by atoms with E-state index in [-0.39, 0.29) is 18.4 Å². The van der Waals surface area contributed by atoms with E-state index in [0.29, 0.717) is 5.56 Å². The van der Waals surface area contributed by atoms with Crippen LogP contribution < -0.4 is 5.32 Å². The van der Waals surface area contributed by atoms with E-state index in [1.165, 1.54) is 0 Å². The van der Waals surface area contributed by atoms with E-state index < -0.39 is 6.10 Å². The van der Waals surface area contributed by atoms with Crippen LogP contribution in [-0.4, -0.2) is 23.7 Å². The van der Waals surface area contributed by atoms with Crippen LogP contribution in [0.5, 0.6) is 0 Å². The number of amides is 1. The van der Waals surface area contributed by atoms with Crippen molar-refractivity contribution >= 4 is 21.8 Å². The number of benzene rings is 1. The van der Waals surface area contributed by atoms with Crippen LogP contribution in [0.4, 0.5) is 0 Å². The quantitative estimate of drug-likeness (QED) is 0.891. The Kier molecular flexibility index (Phi) is 4.96. The molecule has 0 heterocycles. The molecular formula is C12H16BrNO2. The zero-order valence-corrected chi connectivity index (χ0v) is 11.0. The molecule has 1 aromatic rings. The summed E-state index contributed by atoms with van der Waals surface area (Å²) < 4.78 is 0.756. The summed E-state index contributed by atoms with van der Waals surface area (Å²) in [6.07, 6.45) is -0.508. The molecule has 0 aliphatic heterocycles. The Morgan fingerprint density at radius 1 is 1.44 bits per heavy atom. The van der Waals surface area contributed by atoms with Gasteiger partial charge < -0.3 is 10.4 Å². The number of hydrogen-bond donors (Lipinski definition) is 2. The molecule has 0 aliphatic carbocycles. The van der Waals surface area contributed by atoms with Crippen molar-refractivity contribution < 1.29 is 9.90 Å².